The van der Waals surface area contributed by atoms with Gasteiger partial charge in [0, 0.05) is 17.9 Å². The minimum atomic E-state index is 0.565. The predicted octanol–water partition coefficient (Wildman–Crippen LogP) is 4.12. The van der Waals surface area contributed by atoms with Gasteiger partial charge in [0.2, 0.25) is 0 Å². The van der Waals surface area contributed by atoms with Gasteiger partial charge < -0.3 is 4.90 Å². The van der Waals surface area contributed by atoms with E-state index in [4.69, 9.17) is 0 Å². The smallest absolute Gasteiger partial charge is 0.103 e. The molecule has 0 saturated carbocycles. The summed E-state index contributed by atoms with van der Waals surface area (Å²) in [6.45, 7) is 5.76. The monoisotopic (exact) mass is 330 g/mol. The fourth-order valence-electron chi connectivity index (χ4n) is 3.45. The summed E-state index contributed by atoms with van der Waals surface area (Å²) >= 11 is 0. The van der Waals surface area contributed by atoms with Crippen molar-refractivity contribution in [3.8, 4) is 0 Å². The predicted molar refractivity (Wildman–Crippen MR) is 106 cm³/mol. The van der Waals surface area contributed by atoms with Crippen LogP contribution in [0.1, 0.15) is 29.5 Å². The van der Waals surface area contributed by atoms with Crippen molar-refractivity contribution in [3.63, 3.8) is 0 Å². The Morgan fingerprint density at radius 2 is 1.20 bits per heavy atom. The van der Waals surface area contributed by atoms with Gasteiger partial charge in [0.25, 0.3) is 0 Å². The van der Waals surface area contributed by atoms with Crippen molar-refractivity contribution in [2.75, 3.05) is 13.1 Å². The zero-order chi connectivity index (χ0) is 17.3. The molecule has 1 N–H and O–H groups in total. The van der Waals surface area contributed by atoms with Crippen LogP contribution >= 0.6 is 0 Å². The molecule has 0 spiro atoms. The Kier molecular flexibility index (Phi) is 6.42. The van der Waals surface area contributed by atoms with Gasteiger partial charge >= 0.3 is 0 Å². The third-order valence-corrected chi connectivity index (χ3v) is 4.87. The second-order valence-corrected chi connectivity index (χ2v) is 6.91. The summed E-state index contributed by atoms with van der Waals surface area (Å²) in [6, 6.07) is 32.6. The molecule has 1 unspecified atom stereocenters. The molecule has 0 aromatic heterocycles. The number of quaternary nitrogens is 1. The quantitative estimate of drug-likeness (QED) is 0.634. The number of hydrogen-bond acceptors (Lipinski definition) is 0. The minimum Gasteiger partial charge on any atom is -0.330 e. The van der Waals surface area contributed by atoms with Crippen LogP contribution in [0.4, 0.5) is 0 Å². The van der Waals surface area contributed by atoms with Crippen molar-refractivity contribution < 1.29 is 4.90 Å². The van der Waals surface area contributed by atoms with Crippen molar-refractivity contribution in [2.45, 2.75) is 25.8 Å². The summed E-state index contributed by atoms with van der Waals surface area (Å²) in [4.78, 5) is 1.64. The van der Waals surface area contributed by atoms with Crippen molar-refractivity contribution in [2.24, 2.45) is 0 Å². The van der Waals surface area contributed by atoms with E-state index in [2.05, 4.69) is 97.9 Å². The van der Waals surface area contributed by atoms with Crippen molar-refractivity contribution in [1.82, 2.24) is 0 Å². The summed E-state index contributed by atoms with van der Waals surface area (Å²) in [7, 11) is 0. The molecule has 0 aliphatic rings. The molecule has 128 valence electrons. The summed E-state index contributed by atoms with van der Waals surface area (Å²) in [5.41, 5.74) is 4.29. The highest BCUT2D eigenvalue weighted by molar-refractivity contribution is 5.19. The molecule has 2 atom stereocenters. The largest absolute Gasteiger partial charge is 0.330 e. The van der Waals surface area contributed by atoms with Gasteiger partial charge in [-0.15, -0.1) is 0 Å². The highest BCUT2D eigenvalue weighted by Gasteiger charge is 2.16. The van der Waals surface area contributed by atoms with Crippen LogP contribution in [-0.4, -0.2) is 13.1 Å². The highest BCUT2D eigenvalue weighted by Crippen LogP contribution is 2.12. The second-order valence-electron chi connectivity index (χ2n) is 6.91. The van der Waals surface area contributed by atoms with E-state index in [1.165, 1.54) is 16.7 Å². The highest BCUT2D eigenvalue weighted by atomic mass is 15.1. The van der Waals surface area contributed by atoms with E-state index in [1.54, 1.807) is 4.90 Å². The molecule has 1 heteroatoms. The Morgan fingerprint density at radius 3 is 1.80 bits per heavy atom. The van der Waals surface area contributed by atoms with E-state index in [9.17, 15) is 0 Å². The van der Waals surface area contributed by atoms with Crippen LogP contribution in [0.15, 0.2) is 91.0 Å². The molecule has 0 saturated heterocycles. The fraction of sp³-hybridized carbons (Fsp3) is 0.250. The van der Waals surface area contributed by atoms with E-state index in [0.717, 1.165) is 26.1 Å². The lowest BCUT2D eigenvalue weighted by Gasteiger charge is -2.23. The molecule has 0 aliphatic carbocycles. The molecule has 3 aromatic rings. The normalized spacial score (nSPS) is 13.3. The van der Waals surface area contributed by atoms with Crippen molar-refractivity contribution in [1.29, 1.82) is 0 Å². The first-order valence-electron chi connectivity index (χ1n) is 9.27. The lowest BCUT2D eigenvalue weighted by atomic mass is 10.00. The van der Waals surface area contributed by atoms with Gasteiger partial charge in [-0.1, -0.05) is 97.9 Å². The maximum Gasteiger partial charge on any atom is 0.103 e. The molecule has 25 heavy (non-hydrogen) atoms. The maximum absolute atomic E-state index is 2.35. The van der Waals surface area contributed by atoms with Crippen LogP contribution in [0, 0.1) is 0 Å². The van der Waals surface area contributed by atoms with Gasteiger partial charge in [0.1, 0.15) is 6.54 Å². The molecule has 0 radical (unpaired) electrons. The third kappa shape index (κ3) is 5.58. The van der Waals surface area contributed by atoms with Gasteiger partial charge in [-0.3, -0.25) is 0 Å². The van der Waals surface area contributed by atoms with Crippen molar-refractivity contribution in [3.05, 3.63) is 108 Å². The average molecular weight is 330 g/mol. The van der Waals surface area contributed by atoms with Gasteiger partial charge in [-0.25, -0.2) is 0 Å². The topological polar surface area (TPSA) is 4.44 Å². The van der Waals surface area contributed by atoms with E-state index in [-0.39, 0.29) is 0 Å². The molecule has 0 fully saturated rings. The fourth-order valence-corrected chi connectivity index (χ4v) is 3.45. The van der Waals surface area contributed by atoms with Crippen LogP contribution in [0.5, 0.6) is 0 Å². The molecule has 3 aromatic carbocycles. The molecule has 1 nitrogen and oxygen atoms in total. The minimum absolute atomic E-state index is 0.565. The summed E-state index contributed by atoms with van der Waals surface area (Å²) in [5.74, 6) is 0.565. The van der Waals surface area contributed by atoms with Gasteiger partial charge in [-0.05, 0) is 11.1 Å². The Hall–Kier alpha value is -2.38. The van der Waals surface area contributed by atoms with E-state index >= 15 is 0 Å². The van der Waals surface area contributed by atoms with Crippen LogP contribution in [0.2, 0.25) is 0 Å². The Labute approximate surface area is 151 Å². The maximum atomic E-state index is 2.35. The standard InChI is InChI=1S/C24H27N/c1-21(24-15-9-4-10-16-24)19-25(20-23-13-7-3-8-14-23)18-17-22-11-5-2-6-12-22/h2-16,21H,17-20H2,1H3/p+1/t21-/m1/s1. The van der Waals surface area contributed by atoms with E-state index in [0.29, 0.717) is 5.92 Å². The first-order valence-corrected chi connectivity index (χ1v) is 9.27. The number of benzene rings is 3. The molecular weight excluding hydrogens is 302 g/mol. The zero-order valence-corrected chi connectivity index (χ0v) is 15.1. The van der Waals surface area contributed by atoms with Gasteiger partial charge in [0.15, 0.2) is 0 Å². The Bertz CT molecular complexity index is 722. The molecule has 0 bridgehead atoms. The molecule has 3 rings (SSSR count). The van der Waals surface area contributed by atoms with Crippen molar-refractivity contribution >= 4 is 0 Å². The van der Waals surface area contributed by atoms with E-state index < -0.39 is 0 Å². The van der Waals surface area contributed by atoms with E-state index in [1.807, 2.05) is 0 Å². The van der Waals surface area contributed by atoms with Crippen LogP contribution in [0.3, 0.4) is 0 Å². The first kappa shape index (κ1) is 17.4. The van der Waals surface area contributed by atoms with Gasteiger partial charge in [0.05, 0.1) is 13.1 Å². The van der Waals surface area contributed by atoms with Crippen LogP contribution in [0.25, 0.3) is 0 Å². The number of nitrogens with one attached hydrogen (secondary N) is 1. The Morgan fingerprint density at radius 1 is 0.680 bits per heavy atom. The summed E-state index contributed by atoms with van der Waals surface area (Å²) < 4.78 is 0. The summed E-state index contributed by atoms with van der Waals surface area (Å²) in [5, 5.41) is 0. The molecule has 0 aliphatic heterocycles. The van der Waals surface area contributed by atoms with Crippen LogP contribution < -0.4 is 4.90 Å². The molecule has 0 amide bonds. The lowest BCUT2D eigenvalue weighted by Crippen LogP contribution is -3.11. The SMILES string of the molecule is C[C@H](C[NH+](CCc1ccccc1)Cc1ccccc1)c1ccccc1. The number of hydrogen-bond donors (Lipinski definition) is 1. The summed E-state index contributed by atoms with van der Waals surface area (Å²) in [6.07, 6.45) is 1.13. The lowest BCUT2D eigenvalue weighted by molar-refractivity contribution is -0.915. The zero-order valence-electron chi connectivity index (χ0n) is 15.1. The molecule has 0 heterocycles. The third-order valence-electron chi connectivity index (χ3n) is 4.87. The first-order chi connectivity index (χ1) is 12.3. The number of rotatable bonds is 8. The molecular formula is C24H28N+. The average Bonchev–Trinajstić information content (AvgIpc) is 2.68. The second kappa shape index (κ2) is 9.19. The van der Waals surface area contributed by atoms with Crippen LogP contribution in [-0.2, 0) is 13.0 Å². The van der Waals surface area contributed by atoms with Gasteiger partial charge in [-0.2, -0.15) is 0 Å². The Balaban J connectivity index is 1.67.